The van der Waals surface area contributed by atoms with Crippen molar-refractivity contribution in [3.63, 3.8) is 0 Å². The Labute approximate surface area is 194 Å². The molecule has 8 heteroatoms. The molecular formula is C25H21N5O2S. The summed E-state index contributed by atoms with van der Waals surface area (Å²) in [5, 5.41) is 4.36. The number of nitrogens with one attached hydrogen (secondary N) is 1. The topological polar surface area (TPSA) is 103 Å². The lowest BCUT2D eigenvalue weighted by atomic mass is 9.97. The number of benzene rings is 3. The normalized spacial score (nSPS) is 11.1. The summed E-state index contributed by atoms with van der Waals surface area (Å²) < 4.78 is 6.51. The number of amides is 1. The van der Waals surface area contributed by atoms with Crippen LogP contribution in [0, 0.1) is 6.92 Å². The minimum atomic E-state index is -0.211. The molecule has 33 heavy (non-hydrogen) atoms. The summed E-state index contributed by atoms with van der Waals surface area (Å²) in [5.74, 6) is 0.824. The number of ether oxygens (including phenoxy) is 1. The number of nitrogen functional groups attached to an aromatic ring is 1. The molecule has 0 unspecified atom stereocenters. The first-order valence-electron chi connectivity index (χ1n) is 10.5. The lowest BCUT2D eigenvalue weighted by Crippen LogP contribution is -2.11. The van der Waals surface area contributed by atoms with Gasteiger partial charge in [0.05, 0.1) is 22.3 Å². The fourth-order valence-electron chi connectivity index (χ4n) is 3.67. The van der Waals surface area contributed by atoms with Gasteiger partial charge in [-0.1, -0.05) is 23.5 Å². The number of carbonyl (C=O) groups excluding carboxylic acids is 1. The van der Waals surface area contributed by atoms with Gasteiger partial charge in [-0.3, -0.25) is 10.1 Å². The average molecular weight is 456 g/mol. The van der Waals surface area contributed by atoms with Crippen molar-refractivity contribution in [1.29, 1.82) is 0 Å². The molecule has 164 valence electrons. The van der Waals surface area contributed by atoms with Crippen molar-refractivity contribution in [2.24, 2.45) is 0 Å². The monoisotopic (exact) mass is 455 g/mol. The van der Waals surface area contributed by atoms with E-state index in [2.05, 4.69) is 20.3 Å². The standard InChI is InChI=1S/C25H21N5O2S/c1-3-32-18-7-9-21-22(12-18)33-25(29-21)30-23(31)16-5-4-14(2)19(11-16)15-6-8-20-17(10-15)13-27-24(26)28-20/h4-13H,3H2,1-2H3,(H2,26,27,28)(H,29,30,31). The van der Waals surface area contributed by atoms with Gasteiger partial charge in [0, 0.05) is 17.1 Å². The molecule has 7 nitrogen and oxygen atoms in total. The van der Waals surface area contributed by atoms with E-state index in [-0.39, 0.29) is 11.9 Å². The van der Waals surface area contributed by atoms with E-state index in [1.165, 1.54) is 11.3 Å². The van der Waals surface area contributed by atoms with Crippen LogP contribution < -0.4 is 15.8 Å². The van der Waals surface area contributed by atoms with Crippen LogP contribution in [-0.4, -0.2) is 27.5 Å². The molecule has 0 fully saturated rings. The zero-order valence-electron chi connectivity index (χ0n) is 18.1. The number of nitrogens with zero attached hydrogens (tertiary/aromatic N) is 3. The van der Waals surface area contributed by atoms with Gasteiger partial charge in [0.25, 0.3) is 5.91 Å². The van der Waals surface area contributed by atoms with Gasteiger partial charge in [0.15, 0.2) is 5.13 Å². The van der Waals surface area contributed by atoms with Crippen molar-refractivity contribution in [3.8, 4) is 16.9 Å². The van der Waals surface area contributed by atoms with E-state index in [0.717, 1.165) is 43.6 Å². The molecule has 3 N–H and O–H groups in total. The number of aryl methyl sites for hydroxylation is 1. The lowest BCUT2D eigenvalue weighted by Gasteiger charge is -2.10. The number of carbonyl (C=O) groups is 1. The van der Waals surface area contributed by atoms with Crippen LogP contribution >= 0.6 is 11.3 Å². The SMILES string of the molecule is CCOc1ccc2nc(NC(=O)c3ccc(C)c(-c4ccc5nc(N)ncc5c4)c3)sc2c1. The summed E-state index contributed by atoms with van der Waals surface area (Å²) in [7, 11) is 0. The molecule has 0 radical (unpaired) electrons. The van der Waals surface area contributed by atoms with E-state index in [9.17, 15) is 4.79 Å². The fraction of sp³-hybridized carbons (Fsp3) is 0.120. The Balaban J connectivity index is 1.43. The smallest absolute Gasteiger partial charge is 0.257 e. The van der Waals surface area contributed by atoms with E-state index >= 15 is 0 Å². The summed E-state index contributed by atoms with van der Waals surface area (Å²) in [5.41, 5.74) is 10.8. The Kier molecular flexibility index (Phi) is 5.35. The Morgan fingerprint density at radius 1 is 1.06 bits per heavy atom. The first-order chi connectivity index (χ1) is 16.0. The molecule has 0 aliphatic rings. The van der Waals surface area contributed by atoms with Crippen LogP contribution in [0.5, 0.6) is 5.75 Å². The number of nitrogens with two attached hydrogens (primary N) is 1. The summed E-state index contributed by atoms with van der Waals surface area (Å²) >= 11 is 1.42. The van der Waals surface area contributed by atoms with Crippen LogP contribution in [0.15, 0.2) is 60.8 Å². The molecule has 2 heterocycles. The molecule has 0 saturated heterocycles. The summed E-state index contributed by atoms with van der Waals surface area (Å²) in [6.45, 7) is 4.56. The Hall–Kier alpha value is -4.04. The molecule has 0 saturated carbocycles. The maximum absolute atomic E-state index is 13.0. The third-order valence-electron chi connectivity index (χ3n) is 5.30. The quantitative estimate of drug-likeness (QED) is 0.365. The molecule has 1 amide bonds. The maximum atomic E-state index is 13.0. The van der Waals surface area contributed by atoms with Crippen LogP contribution in [0.1, 0.15) is 22.8 Å². The first kappa shape index (κ1) is 20.8. The predicted molar refractivity (Wildman–Crippen MR) is 133 cm³/mol. The summed E-state index contributed by atoms with van der Waals surface area (Å²) in [4.78, 5) is 25.9. The Bertz CT molecular complexity index is 1510. The molecule has 3 aromatic carbocycles. The molecule has 2 aromatic heterocycles. The zero-order chi connectivity index (χ0) is 22.9. The number of rotatable bonds is 5. The van der Waals surface area contributed by atoms with Crippen molar-refractivity contribution >= 4 is 49.4 Å². The summed E-state index contributed by atoms with van der Waals surface area (Å²) in [6, 6.07) is 17.3. The number of anilines is 2. The third-order valence-corrected chi connectivity index (χ3v) is 6.23. The highest BCUT2D eigenvalue weighted by Crippen LogP contribution is 2.31. The highest BCUT2D eigenvalue weighted by Gasteiger charge is 2.13. The zero-order valence-corrected chi connectivity index (χ0v) is 18.9. The van der Waals surface area contributed by atoms with Crippen molar-refractivity contribution in [2.45, 2.75) is 13.8 Å². The molecule has 5 aromatic rings. The number of hydrogen-bond acceptors (Lipinski definition) is 7. The van der Waals surface area contributed by atoms with Crippen molar-refractivity contribution in [3.05, 3.63) is 71.9 Å². The molecule has 0 aliphatic heterocycles. The van der Waals surface area contributed by atoms with Crippen LogP contribution in [0.25, 0.3) is 32.2 Å². The first-order valence-corrected chi connectivity index (χ1v) is 11.3. The second kappa shape index (κ2) is 8.48. The molecule has 5 rings (SSSR count). The second-order valence-electron chi connectivity index (χ2n) is 7.57. The maximum Gasteiger partial charge on any atom is 0.257 e. The Morgan fingerprint density at radius 3 is 2.76 bits per heavy atom. The van der Waals surface area contributed by atoms with E-state index in [1.54, 1.807) is 6.20 Å². The van der Waals surface area contributed by atoms with Crippen molar-refractivity contribution in [2.75, 3.05) is 17.7 Å². The van der Waals surface area contributed by atoms with Gasteiger partial charge in [-0.05, 0) is 73.0 Å². The largest absolute Gasteiger partial charge is 0.494 e. The lowest BCUT2D eigenvalue weighted by molar-refractivity contribution is 0.102. The van der Waals surface area contributed by atoms with Gasteiger partial charge in [-0.25, -0.2) is 15.0 Å². The highest BCUT2D eigenvalue weighted by molar-refractivity contribution is 7.22. The number of thiazole rings is 1. The van der Waals surface area contributed by atoms with Gasteiger partial charge in [0.1, 0.15) is 5.75 Å². The highest BCUT2D eigenvalue weighted by atomic mass is 32.1. The van der Waals surface area contributed by atoms with Gasteiger partial charge < -0.3 is 10.5 Å². The van der Waals surface area contributed by atoms with Crippen LogP contribution in [0.3, 0.4) is 0 Å². The fourth-order valence-corrected chi connectivity index (χ4v) is 4.56. The third kappa shape index (κ3) is 4.20. The predicted octanol–water partition coefficient (Wildman–Crippen LogP) is 5.45. The number of aromatic nitrogens is 3. The van der Waals surface area contributed by atoms with Crippen LogP contribution in [0.2, 0.25) is 0 Å². The minimum Gasteiger partial charge on any atom is -0.494 e. The Morgan fingerprint density at radius 2 is 1.91 bits per heavy atom. The van der Waals surface area contributed by atoms with Crippen molar-refractivity contribution in [1.82, 2.24) is 15.0 Å². The second-order valence-corrected chi connectivity index (χ2v) is 8.60. The average Bonchev–Trinajstić information content (AvgIpc) is 3.20. The van der Waals surface area contributed by atoms with Crippen molar-refractivity contribution < 1.29 is 9.53 Å². The number of hydrogen-bond donors (Lipinski definition) is 2. The van der Waals surface area contributed by atoms with Gasteiger partial charge in [-0.2, -0.15) is 0 Å². The molecule has 0 atom stereocenters. The van der Waals surface area contributed by atoms with E-state index < -0.39 is 0 Å². The molecular weight excluding hydrogens is 434 g/mol. The summed E-state index contributed by atoms with van der Waals surface area (Å²) in [6.07, 6.45) is 1.71. The van der Waals surface area contributed by atoms with E-state index in [0.29, 0.717) is 17.3 Å². The molecule has 0 bridgehead atoms. The molecule has 0 spiro atoms. The molecule has 0 aliphatic carbocycles. The minimum absolute atomic E-state index is 0.211. The van der Waals surface area contributed by atoms with Crippen LogP contribution in [-0.2, 0) is 0 Å². The van der Waals surface area contributed by atoms with Gasteiger partial charge in [-0.15, -0.1) is 0 Å². The van der Waals surface area contributed by atoms with E-state index in [4.69, 9.17) is 10.5 Å². The van der Waals surface area contributed by atoms with Gasteiger partial charge in [0.2, 0.25) is 5.95 Å². The number of fused-ring (bicyclic) bond motifs is 2. The van der Waals surface area contributed by atoms with Crippen LogP contribution in [0.4, 0.5) is 11.1 Å². The van der Waals surface area contributed by atoms with E-state index in [1.807, 2.05) is 68.4 Å². The van der Waals surface area contributed by atoms with Gasteiger partial charge >= 0.3 is 0 Å².